The fourth-order valence-corrected chi connectivity index (χ4v) is 2.45. The van der Waals surface area contributed by atoms with Crippen LogP contribution in [0.4, 0.5) is 9.18 Å². The van der Waals surface area contributed by atoms with E-state index in [0.29, 0.717) is 12.5 Å². The van der Waals surface area contributed by atoms with Crippen molar-refractivity contribution >= 4 is 6.09 Å². The maximum atomic E-state index is 13.3. The molecule has 0 aliphatic heterocycles. The van der Waals surface area contributed by atoms with Gasteiger partial charge in [0.05, 0.1) is 6.20 Å². The number of carbonyl (C=O) groups excluding carboxylic acids is 1. The van der Waals surface area contributed by atoms with Crippen LogP contribution in [0, 0.1) is 11.7 Å². The van der Waals surface area contributed by atoms with Crippen molar-refractivity contribution in [2.24, 2.45) is 5.92 Å². The normalized spacial score (nSPS) is 17.4. The summed E-state index contributed by atoms with van der Waals surface area (Å²) in [4.78, 5) is 15.7. The van der Waals surface area contributed by atoms with Crippen LogP contribution in [0.3, 0.4) is 0 Å². The Balaban J connectivity index is 1.88. The average molecular weight is 323 g/mol. The van der Waals surface area contributed by atoms with E-state index in [2.05, 4.69) is 15.6 Å². The quantitative estimate of drug-likeness (QED) is 0.844. The minimum atomic E-state index is -0.507. The van der Waals surface area contributed by atoms with Crippen molar-refractivity contribution in [2.75, 3.05) is 6.54 Å². The molecule has 128 valence electrons. The van der Waals surface area contributed by atoms with Gasteiger partial charge in [0.25, 0.3) is 0 Å². The molecule has 0 aromatic carbocycles. The van der Waals surface area contributed by atoms with Gasteiger partial charge in [-0.1, -0.05) is 0 Å². The smallest absolute Gasteiger partial charge is 0.407 e. The SMILES string of the molecule is CC(NC(CNC(=O)OC(C)(C)C)C1CC1)c1cncc(F)c1. The summed E-state index contributed by atoms with van der Waals surface area (Å²) >= 11 is 0. The summed E-state index contributed by atoms with van der Waals surface area (Å²) in [7, 11) is 0. The molecular weight excluding hydrogens is 297 g/mol. The molecule has 23 heavy (non-hydrogen) atoms. The Morgan fingerprint density at radius 2 is 2.13 bits per heavy atom. The van der Waals surface area contributed by atoms with Crippen LogP contribution in [-0.4, -0.2) is 29.3 Å². The third kappa shape index (κ3) is 6.14. The van der Waals surface area contributed by atoms with E-state index in [1.54, 1.807) is 6.20 Å². The molecule has 1 saturated carbocycles. The minimum absolute atomic E-state index is 0.0377. The lowest BCUT2D eigenvalue weighted by atomic mass is 10.1. The number of nitrogens with zero attached hydrogens (tertiary/aromatic N) is 1. The largest absolute Gasteiger partial charge is 0.444 e. The fraction of sp³-hybridized carbons (Fsp3) is 0.647. The summed E-state index contributed by atoms with van der Waals surface area (Å²) in [6, 6.07) is 1.58. The molecule has 2 N–H and O–H groups in total. The molecular formula is C17H26FN3O2. The highest BCUT2D eigenvalue weighted by molar-refractivity contribution is 5.67. The number of halogens is 1. The first kappa shape index (κ1) is 17.7. The predicted octanol–water partition coefficient (Wildman–Crippen LogP) is 3.17. The Hall–Kier alpha value is -1.69. The molecule has 0 radical (unpaired) electrons. The van der Waals surface area contributed by atoms with E-state index in [9.17, 15) is 9.18 Å². The third-order valence-corrected chi connectivity index (χ3v) is 3.75. The van der Waals surface area contributed by atoms with Gasteiger partial charge >= 0.3 is 6.09 Å². The summed E-state index contributed by atoms with van der Waals surface area (Å²) in [6.07, 6.45) is 4.72. The van der Waals surface area contributed by atoms with Crippen molar-refractivity contribution in [3.8, 4) is 0 Å². The van der Waals surface area contributed by atoms with Gasteiger partial charge in [0.2, 0.25) is 0 Å². The first-order valence-corrected chi connectivity index (χ1v) is 8.08. The highest BCUT2D eigenvalue weighted by atomic mass is 19.1. The Kier molecular flexibility index (Phi) is 5.57. The van der Waals surface area contributed by atoms with Crippen LogP contribution < -0.4 is 10.6 Å². The Morgan fingerprint density at radius 1 is 1.43 bits per heavy atom. The van der Waals surface area contributed by atoms with Gasteiger partial charge in [-0.15, -0.1) is 0 Å². The standard InChI is InChI=1S/C17H26FN3O2/c1-11(13-7-14(18)9-19-8-13)21-15(12-5-6-12)10-20-16(22)23-17(2,3)4/h7-9,11-12,15,21H,5-6,10H2,1-4H3,(H,20,22). The van der Waals surface area contributed by atoms with Crippen molar-refractivity contribution in [2.45, 2.75) is 58.2 Å². The number of alkyl carbamates (subject to hydrolysis) is 1. The fourth-order valence-electron chi connectivity index (χ4n) is 2.45. The van der Waals surface area contributed by atoms with Gasteiger partial charge in [-0.05, 0) is 58.1 Å². The van der Waals surface area contributed by atoms with Gasteiger partial charge in [0.15, 0.2) is 0 Å². The molecule has 1 heterocycles. The second kappa shape index (κ2) is 7.25. The number of rotatable bonds is 6. The van der Waals surface area contributed by atoms with Crippen LogP contribution >= 0.6 is 0 Å². The number of nitrogens with one attached hydrogen (secondary N) is 2. The molecule has 2 unspecified atom stereocenters. The topological polar surface area (TPSA) is 63.2 Å². The van der Waals surface area contributed by atoms with Crippen LogP contribution in [0.2, 0.25) is 0 Å². The van der Waals surface area contributed by atoms with Gasteiger partial charge in [-0.2, -0.15) is 0 Å². The lowest BCUT2D eigenvalue weighted by Crippen LogP contribution is -2.44. The molecule has 2 atom stereocenters. The van der Waals surface area contributed by atoms with E-state index in [1.807, 2.05) is 27.7 Å². The first-order chi connectivity index (χ1) is 10.7. The zero-order chi connectivity index (χ0) is 17.0. The van der Waals surface area contributed by atoms with E-state index in [-0.39, 0.29) is 17.9 Å². The number of ether oxygens (including phenoxy) is 1. The average Bonchev–Trinajstić information content (AvgIpc) is 3.25. The van der Waals surface area contributed by atoms with Crippen molar-refractivity contribution < 1.29 is 13.9 Å². The number of hydrogen-bond acceptors (Lipinski definition) is 4. The second-order valence-electron chi connectivity index (χ2n) is 7.15. The van der Waals surface area contributed by atoms with Crippen molar-refractivity contribution in [1.82, 2.24) is 15.6 Å². The third-order valence-electron chi connectivity index (χ3n) is 3.75. The van der Waals surface area contributed by atoms with Crippen LogP contribution in [0.5, 0.6) is 0 Å². The number of pyridine rings is 1. The molecule has 1 aliphatic carbocycles. The van der Waals surface area contributed by atoms with E-state index in [1.165, 1.54) is 12.3 Å². The van der Waals surface area contributed by atoms with Crippen molar-refractivity contribution in [3.05, 3.63) is 29.8 Å². The van der Waals surface area contributed by atoms with Crippen LogP contribution in [0.1, 0.15) is 52.1 Å². The van der Waals surface area contributed by atoms with Crippen LogP contribution in [0.25, 0.3) is 0 Å². The maximum Gasteiger partial charge on any atom is 0.407 e. The summed E-state index contributed by atoms with van der Waals surface area (Å²) in [5.74, 6) is 0.194. The molecule has 5 nitrogen and oxygen atoms in total. The lowest BCUT2D eigenvalue weighted by molar-refractivity contribution is 0.0520. The molecule has 6 heteroatoms. The van der Waals surface area contributed by atoms with Gasteiger partial charge in [0.1, 0.15) is 11.4 Å². The van der Waals surface area contributed by atoms with Gasteiger partial charge in [-0.25, -0.2) is 9.18 Å². The molecule has 2 rings (SSSR count). The Labute approximate surface area is 137 Å². The Bertz CT molecular complexity index is 541. The van der Waals surface area contributed by atoms with Crippen LogP contribution in [0.15, 0.2) is 18.5 Å². The molecule has 0 spiro atoms. The number of carbonyl (C=O) groups is 1. The first-order valence-electron chi connectivity index (χ1n) is 8.08. The van der Waals surface area contributed by atoms with Gasteiger partial charge in [0, 0.05) is 24.8 Å². The maximum absolute atomic E-state index is 13.3. The Morgan fingerprint density at radius 3 is 2.70 bits per heavy atom. The molecule has 1 aromatic rings. The predicted molar refractivity (Wildman–Crippen MR) is 86.5 cm³/mol. The lowest BCUT2D eigenvalue weighted by Gasteiger charge is -2.25. The van der Waals surface area contributed by atoms with E-state index in [4.69, 9.17) is 4.74 Å². The highest BCUT2D eigenvalue weighted by Crippen LogP contribution is 2.33. The number of hydrogen-bond donors (Lipinski definition) is 2. The van der Waals surface area contributed by atoms with E-state index in [0.717, 1.165) is 18.4 Å². The molecule has 1 fully saturated rings. The zero-order valence-corrected chi connectivity index (χ0v) is 14.2. The molecule has 1 aliphatic rings. The highest BCUT2D eigenvalue weighted by Gasteiger charge is 2.32. The number of aromatic nitrogens is 1. The molecule has 1 amide bonds. The monoisotopic (exact) mass is 323 g/mol. The van der Waals surface area contributed by atoms with E-state index < -0.39 is 11.7 Å². The zero-order valence-electron chi connectivity index (χ0n) is 14.2. The molecule has 1 aromatic heterocycles. The number of amides is 1. The van der Waals surface area contributed by atoms with Crippen LogP contribution in [-0.2, 0) is 4.74 Å². The minimum Gasteiger partial charge on any atom is -0.444 e. The summed E-state index contributed by atoms with van der Waals surface area (Å²) in [5, 5.41) is 6.28. The van der Waals surface area contributed by atoms with Gasteiger partial charge in [-0.3, -0.25) is 4.98 Å². The summed E-state index contributed by atoms with van der Waals surface area (Å²) in [5.41, 5.74) is 0.292. The van der Waals surface area contributed by atoms with Gasteiger partial charge < -0.3 is 15.4 Å². The molecule has 0 saturated heterocycles. The van der Waals surface area contributed by atoms with Crippen molar-refractivity contribution in [1.29, 1.82) is 0 Å². The summed E-state index contributed by atoms with van der Waals surface area (Å²) < 4.78 is 18.5. The van der Waals surface area contributed by atoms with E-state index >= 15 is 0 Å². The van der Waals surface area contributed by atoms with Crippen molar-refractivity contribution in [3.63, 3.8) is 0 Å². The summed E-state index contributed by atoms with van der Waals surface area (Å²) in [6.45, 7) is 7.97. The molecule has 0 bridgehead atoms. The second-order valence-corrected chi connectivity index (χ2v) is 7.15.